The fourth-order valence-electron chi connectivity index (χ4n) is 3.21. The monoisotopic (exact) mass is 372 g/mol. The van der Waals surface area contributed by atoms with Gasteiger partial charge in [0.1, 0.15) is 10.7 Å². The van der Waals surface area contributed by atoms with Gasteiger partial charge in [0.25, 0.3) is 11.8 Å². The van der Waals surface area contributed by atoms with Crippen LogP contribution in [0.1, 0.15) is 25.3 Å². The van der Waals surface area contributed by atoms with Crippen molar-refractivity contribution in [2.75, 3.05) is 18.0 Å². The van der Waals surface area contributed by atoms with Crippen molar-refractivity contribution in [3.8, 4) is 0 Å². The van der Waals surface area contributed by atoms with Crippen LogP contribution in [0.5, 0.6) is 0 Å². The predicted octanol–water partition coefficient (Wildman–Crippen LogP) is 3.76. The van der Waals surface area contributed by atoms with Gasteiger partial charge in [0.05, 0.1) is 11.3 Å². The average molecular weight is 373 g/mol. The first-order chi connectivity index (χ1) is 11.7. The van der Waals surface area contributed by atoms with E-state index in [2.05, 4.69) is 0 Å². The number of carbonyl (C=O) groups excluding carboxylic acids is 2. The molecule has 1 saturated heterocycles. The molecule has 1 aromatic rings. The minimum Gasteiger partial charge on any atom is -0.365 e. The van der Waals surface area contributed by atoms with Gasteiger partial charge in [-0.05, 0) is 37.0 Å². The van der Waals surface area contributed by atoms with E-state index in [9.17, 15) is 22.8 Å². The van der Waals surface area contributed by atoms with Gasteiger partial charge in [-0.1, -0.05) is 24.6 Å². The number of alkyl halides is 3. The molecule has 134 valence electrons. The average Bonchev–Trinajstić information content (AvgIpc) is 2.76. The molecular formula is C17H16ClF3N2O2. The Morgan fingerprint density at radius 3 is 2.56 bits per heavy atom. The summed E-state index contributed by atoms with van der Waals surface area (Å²) in [5, 5.41) is -0.239. The highest BCUT2D eigenvalue weighted by molar-refractivity contribution is 6.52. The van der Waals surface area contributed by atoms with Gasteiger partial charge in [0.2, 0.25) is 0 Å². The summed E-state index contributed by atoms with van der Waals surface area (Å²) in [4.78, 5) is 27.6. The van der Waals surface area contributed by atoms with Crippen LogP contribution in [0.25, 0.3) is 0 Å². The smallest absolute Gasteiger partial charge is 0.365 e. The molecule has 25 heavy (non-hydrogen) atoms. The number of piperidine rings is 1. The van der Waals surface area contributed by atoms with Crippen molar-refractivity contribution in [1.29, 1.82) is 0 Å². The SMILES string of the molecule is CC1CCCN(C2=C(Cl)C(=O)N(c3cccc(C(F)(F)F)c3)C2=O)C1. The van der Waals surface area contributed by atoms with E-state index in [0.29, 0.717) is 23.9 Å². The van der Waals surface area contributed by atoms with Crippen LogP contribution in [-0.2, 0) is 15.8 Å². The first-order valence-corrected chi connectivity index (χ1v) is 8.28. The number of likely N-dealkylation sites (tertiary alicyclic amines) is 1. The molecule has 0 N–H and O–H groups in total. The Morgan fingerprint density at radius 1 is 1.20 bits per heavy atom. The van der Waals surface area contributed by atoms with E-state index >= 15 is 0 Å². The molecule has 0 spiro atoms. The van der Waals surface area contributed by atoms with Crippen molar-refractivity contribution in [2.24, 2.45) is 5.92 Å². The number of nitrogens with zero attached hydrogens (tertiary/aromatic N) is 2. The van der Waals surface area contributed by atoms with E-state index in [4.69, 9.17) is 11.6 Å². The molecule has 1 aromatic carbocycles. The molecule has 4 nitrogen and oxygen atoms in total. The standard InChI is InChI=1S/C17H16ClF3N2O2/c1-10-4-3-7-22(9-10)14-13(18)15(24)23(16(14)25)12-6-2-5-11(8-12)17(19,20)21/h2,5-6,8,10H,3-4,7,9H2,1H3. The molecule has 1 fully saturated rings. The van der Waals surface area contributed by atoms with E-state index in [0.717, 1.165) is 31.0 Å². The lowest BCUT2D eigenvalue weighted by Crippen LogP contribution is -2.39. The maximum Gasteiger partial charge on any atom is 0.416 e. The number of hydrogen-bond acceptors (Lipinski definition) is 3. The van der Waals surface area contributed by atoms with Crippen LogP contribution in [-0.4, -0.2) is 29.8 Å². The maximum absolute atomic E-state index is 12.9. The van der Waals surface area contributed by atoms with Crippen molar-refractivity contribution in [2.45, 2.75) is 25.9 Å². The lowest BCUT2D eigenvalue weighted by molar-refractivity contribution is -0.137. The number of halogens is 4. The van der Waals surface area contributed by atoms with Gasteiger partial charge in [-0.25, -0.2) is 4.90 Å². The third kappa shape index (κ3) is 3.25. The van der Waals surface area contributed by atoms with Crippen LogP contribution in [0.4, 0.5) is 18.9 Å². The number of carbonyl (C=O) groups is 2. The highest BCUT2D eigenvalue weighted by Crippen LogP contribution is 2.36. The second kappa shape index (κ2) is 6.37. The summed E-state index contributed by atoms with van der Waals surface area (Å²) in [6, 6.07) is 4.11. The second-order valence-electron chi connectivity index (χ2n) is 6.35. The Balaban J connectivity index is 1.94. The molecule has 0 bridgehead atoms. The highest BCUT2D eigenvalue weighted by atomic mass is 35.5. The van der Waals surface area contributed by atoms with Crippen LogP contribution in [0.15, 0.2) is 35.0 Å². The summed E-state index contributed by atoms with van der Waals surface area (Å²) in [6.07, 6.45) is -2.69. The van der Waals surface area contributed by atoms with Crippen LogP contribution in [0.2, 0.25) is 0 Å². The van der Waals surface area contributed by atoms with Crippen LogP contribution >= 0.6 is 11.6 Å². The molecule has 2 amide bonds. The van der Waals surface area contributed by atoms with Crippen molar-refractivity contribution < 1.29 is 22.8 Å². The zero-order valence-electron chi connectivity index (χ0n) is 13.4. The number of hydrogen-bond donors (Lipinski definition) is 0. The quantitative estimate of drug-likeness (QED) is 0.742. The molecule has 1 unspecified atom stereocenters. The van der Waals surface area contributed by atoms with Gasteiger partial charge >= 0.3 is 6.18 Å². The Labute approximate surface area is 147 Å². The van der Waals surface area contributed by atoms with Crippen LogP contribution in [0.3, 0.4) is 0 Å². The largest absolute Gasteiger partial charge is 0.416 e. The van der Waals surface area contributed by atoms with Gasteiger partial charge in [-0.2, -0.15) is 13.2 Å². The highest BCUT2D eigenvalue weighted by Gasteiger charge is 2.42. The molecule has 2 heterocycles. The molecule has 3 rings (SSSR count). The molecule has 8 heteroatoms. The summed E-state index contributed by atoms with van der Waals surface area (Å²) < 4.78 is 38.7. The minimum absolute atomic E-state index is 0.0793. The van der Waals surface area contributed by atoms with Crippen molar-refractivity contribution in [3.05, 3.63) is 40.6 Å². The zero-order chi connectivity index (χ0) is 18.4. The molecule has 2 aliphatic heterocycles. The second-order valence-corrected chi connectivity index (χ2v) is 6.73. The van der Waals surface area contributed by atoms with Gasteiger partial charge in [-0.15, -0.1) is 0 Å². The Bertz CT molecular complexity index is 761. The summed E-state index contributed by atoms with van der Waals surface area (Å²) in [6.45, 7) is 3.21. The fraction of sp³-hybridized carbons (Fsp3) is 0.412. The lowest BCUT2D eigenvalue weighted by atomic mass is 10.00. The fourth-order valence-corrected chi connectivity index (χ4v) is 3.50. The topological polar surface area (TPSA) is 40.6 Å². The molecule has 0 aromatic heterocycles. The van der Waals surface area contributed by atoms with Crippen LogP contribution < -0.4 is 4.90 Å². The van der Waals surface area contributed by atoms with Crippen molar-refractivity contribution >= 4 is 29.1 Å². The molecule has 0 aliphatic carbocycles. The van der Waals surface area contributed by atoms with E-state index in [1.807, 2.05) is 6.92 Å². The Morgan fingerprint density at radius 2 is 1.92 bits per heavy atom. The predicted molar refractivity (Wildman–Crippen MR) is 86.8 cm³/mol. The number of rotatable bonds is 2. The third-order valence-electron chi connectivity index (χ3n) is 4.41. The molecule has 0 radical (unpaired) electrons. The van der Waals surface area contributed by atoms with Crippen LogP contribution in [0, 0.1) is 5.92 Å². The molecule has 2 aliphatic rings. The van der Waals surface area contributed by atoms with E-state index in [-0.39, 0.29) is 16.4 Å². The maximum atomic E-state index is 12.9. The summed E-state index contributed by atoms with van der Waals surface area (Å²) >= 11 is 6.08. The molecule has 0 saturated carbocycles. The normalized spacial score (nSPS) is 22.2. The number of imide groups is 1. The summed E-state index contributed by atoms with van der Waals surface area (Å²) in [7, 11) is 0. The Hall–Kier alpha value is -2.02. The van der Waals surface area contributed by atoms with E-state index in [1.54, 1.807) is 4.90 Å². The third-order valence-corrected chi connectivity index (χ3v) is 4.75. The van der Waals surface area contributed by atoms with Gasteiger partial charge in [-0.3, -0.25) is 9.59 Å². The van der Waals surface area contributed by atoms with E-state index < -0.39 is 23.6 Å². The van der Waals surface area contributed by atoms with Crippen molar-refractivity contribution in [1.82, 2.24) is 4.90 Å². The Kier molecular flexibility index (Phi) is 4.53. The first-order valence-electron chi connectivity index (χ1n) is 7.91. The molecule has 1 atom stereocenters. The van der Waals surface area contributed by atoms with Gasteiger partial charge < -0.3 is 4.90 Å². The summed E-state index contributed by atoms with van der Waals surface area (Å²) in [5.74, 6) is -1.13. The lowest BCUT2D eigenvalue weighted by Gasteiger charge is -2.33. The van der Waals surface area contributed by atoms with Gasteiger partial charge in [0.15, 0.2) is 0 Å². The number of anilines is 1. The number of benzene rings is 1. The van der Waals surface area contributed by atoms with E-state index in [1.165, 1.54) is 6.07 Å². The molecular weight excluding hydrogens is 357 g/mol. The number of amides is 2. The zero-order valence-corrected chi connectivity index (χ0v) is 14.2. The van der Waals surface area contributed by atoms with Gasteiger partial charge in [0, 0.05) is 13.1 Å². The van der Waals surface area contributed by atoms with Crippen molar-refractivity contribution in [3.63, 3.8) is 0 Å². The minimum atomic E-state index is -4.57. The first kappa shape index (κ1) is 17.8. The summed E-state index contributed by atoms with van der Waals surface area (Å²) in [5.41, 5.74) is -0.986.